The van der Waals surface area contributed by atoms with Crippen LogP contribution in [0, 0.1) is 48.5 Å². The molecule has 15 heavy (non-hydrogen) atoms. The SMILES string of the molecule is C/C(=N\O)[c-]1[c-][c-][c-][c-]1.[Fe].[c-]1[c-][c-][cH-][c-]1. The Morgan fingerprint density at radius 2 is 1.67 bits per heavy atom. The molecule has 0 amide bonds. The zero-order valence-corrected chi connectivity index (χ0v) is 8.93. The Labute approximate surface area is 100 Å². The van der Waals surface area contributed by atoms with E-state index in [1.165, 1.54) is 0 Å². The first kappa shape index (κ1) is 13.7. The molecule has 0 aliphatic carbocycles. The van der Waals surface area contributed by atoms with Crippen molar-refractivity contribution in [3.05, 3.63) is 60.2 Å². The molecule has 0 aliphatic rings. The van der Waals surface area contributed by atoms with E-state index >= 15 is 0 Å². The van der Waals surface area contributed by atoms with E-state index in [0.717, 1.165) is 0 Å². The van der Waals surface area contributed by atoms with Crippen LogP contribution in [0.25, 0.3) is 0 Å². The van der Waals surface area contributed by atoms with Crippen LogP contribution < -0.4 is 0 Å². The Kier molecular flexibility index (Phi) is 7.33. The molecular weight excluding hydrogens is 230 g/mol. The number of rotatable bonds is 1. The van der Waals surface area contributed by atoms with E-state index in [4.69, 9.17) is 5.21 Å². The largest absolute Gasteiger partial charge is 0.999 e. The van der Waals surface area contributed by atoms with Crippen LogP contribution in [0.4, 0.5) is 0 Å². The minimum atomic E-state index is 0. The van der Waals surface area contributed by atoms with Crippen LogP contribution in [0.3, 0.4) is 0 Å². The summed E-state index contributed by atoms with van der Waals surface area (Å²) in [5, 5.41) is 11.2. The van der Waals surface area contributed by atoms with Gasteiger partial charge in [-0.25, -0.2) is 0 Å². The second kappa shape index (κ2) is 8.04. The molecule has 0 unspecified atom stereocenters. The predicted molar refractivity (Wildman–Crippen MR) is 48.8 cm³/mol. The molecule has 0 aliphatic heterocycles. The summed E-state index contributed by atoms with van der Waals surface area (Å²) in [6, 6.07) is 22.4. The summed E-state index contributed by atoms with van der Waals surface area (Å²) in [5.74, 6) is 0. The van der Waals surface area contributed by atoms with E-state index in [9.17, 15) is 0 Å². The molecule has 2 aromatic carbocycles. The molecule has 0 aromatic heterocycles. The molecule has 0 atom stereocenters. The molecule has 82 valence electrons. The molecule has 3 heteroatoms. The average Bonchev–Trinajstić information content (AvgIpc) is 2.91. The molecule has 0 bridgehead atoms. The summed E-state index contributed by atoms with van der Waals surface area (Å²) in [7, 11) is 0. The van der Waals surface area contributed by atoms with Gasteiger partial charge in [0.2, 0.25) is 0 Å². The van der Waals surface area contributed by atoms with Gasteiger partial charge in [0.1, 0.15) is 0 Å². The Morgan fingerprint density at radius 1 is 1.13 bits per heavy atom. The van der Waals surface area contributed by atoms with Crippen molar-refractivity contribution in [1.29, 1.82) is 0 Å². The topological polar surface area (TPSA) is 32.6 Å². The molecule has 1 N–H and O–H groups in total. The predicted octanol–water partition coefficient (Wildman–Crippen LogP) is 1.41. The van der Waals surface area contributed by atoms with Crippen LogP contribution in [0.1, 0.15) is 12.5 Å². The summed E-state index contributed by atoms with van der Waals surface area (Å²) < 4.78 is 0. The monoisotopic (exact) mass is 235 g/mol. The Bertz CT molecular complexity index is 332. The summed E-state index contributed by atoms with van der Waals surface area (Å²) in [4.78, 5) is 0. The Morgan fingerprint density at radius 3 is 2.00 bits per heavy atom. The van der Waals surface area contributed by atoms with Crippen molar-refractivity contribution in [3.63, 3.8) is 0 Å². The van der Waals surface area contributed by atoms with Gasteiger partial charge in [-0.05, 0) is 0 Å². The van der Waals surface area contributed by atoms with E-state index in [1.54, 1.807) is 13.0 Å². The average molecular weight is 235 g/mol. The molecule has 0 saturated carbocycles. The molecule has 0 radical (unpaired) electrons. The fourth-order valence-corrected chi connectivity index (χ4v) is 0.630. The van der Waals surface area contributed by atoms with Crippen LogP contribution in [-0.2, 0) is 17.1 Å². The Hall–Kier alpha value is -1.31. The van der Waals surface area contributed by atoms with Crippen molar-refractivity contribution in [2.45, 2.75) is 6.92 Å². The third kappa shape index (κ3) is 5.21. The summed E-state index contributed by atoms with van der Waals surface area (Å²) >= 11 is 0. The van der Waals surface area contributed by atoms with E-state index < -0.39 is 0 Å². The van der Waals surface area contributed by atoms with Crippen LogP contribution in [0.5, 0.6) is 0 Å². The molecule has 2 nitrogen and oxygen atoms in total. The van der Waals surface area contributed by atoms with Gasteiger partial charge in [-0.1, -0.05) is 0 Å². The minimum absolute atomic E-state index is 0. The second-order valence-corrected chi connectivity index (χ2v) is 2.24. The van der Waals surface area contributed by atoms with Crippen LogP contribution in [-0.4, -0.2) is 10.9 Å². The second-order valence-electron chi connectivity index (χ2n) is 2.24. The van der Waals surface area contributed by atoms with Gasteiger partial charge in [0.05, 0.1) is 0 Å². The molecule has 2 aromatic rings. The van der Waals surface area contributed by atoms with Crippen molar-refractivity contribution >= 4 is 5.71 Å². The Balaban J connectivity index is 0.000000280. The van der Waals surface area contributed by atoms with Gasteiger partial charge in [-0.15, -0.1) is 0 Å². The normalized spacial score (nSPS) is 9.80. The van der Waals surface area contributed by atoms with E-state index in [-0.39, 0.29) is 17.1 Å². The molecule has 0 saturated heterocycles. The van der Waals surface area contributed by atoms with Gasteiger partial charge in [0.15, 0.2) is 0 Å². The third-order valence-electron chi connectivity index (χ3n) is 1.30. The fourth-order valence-electron chi connectivity index (χ4n) is 0.630. The van der Waals surface area contributed by atoms with Crippen LogP contribution >= 0.6 is 0 Å². The molecule has 0 heterocycles. The van der Waals surface area contributed by atoms with Gasteiger partial charge in [-0.2, -0.15) is 6.92 Å². The molecule has 0 fully saturated rings. The summed E-state index contributed by atoms with van der Waals surface area (Å²) in [6.45, 7) is 1.66. The van der Waals surface area contributed by atoms with Crippen LogP contribution in [0.15, 0.2) is 11.2 Å². The van der Waals surface area contributed by atoms with E-state index in [2.05, 4.69) is 53.7 Å². The fraction of sp³-hybridized carbons (Fsp3) is 0.0833. The van der Waals surface area contributed by atoms with Crippen LogP contribution in [0.2, 0.25) is 0 Å². The van der Waals surface area contributed by atoms with Gasteiger partial charge < -0.3 is 71.1 Å². The summed E-state index contributed by atoms with van der Waals surface area (Å²) in [6.07, 6.45) is 0. The van der Waals surface area contributed by atoms with Crippen molar-refractivity contribution in [3.8, 4) is 0 Å². The van der Waals surface area contributed by atoms with Gasteiger partial charge >= 0.3 is 0 Å². The number of nitrogens with zero attached hydrogens (tertiary/aromatic N) is 1. The minimum Gasteiger partial charge on any atom is -0.999 e. The number of hydrogen-bond donors (Lipinski definition) is 1. The van der Waals surface area contributed by atoms with Gasteiger partial charge in [0.25, 0.3) is 0 Å². The standard InChI is InChI=1S/C7H4NO.C5H.Fe/c1-6(8-9)7-4-2-3-5-7;1-2-4-5-3-1;/h9H,1H3;1H;/q2*-5;/b8-6+;;. The molecule has 2 rings (SSSR count). The van der Waals surface area contributed by atoms with Crippen molar-refractivity contribution in [1.82, 2.24) is 0 Å². The maximum atomic E-state index is 8.23. The van der Waals surface area contributed by atoms with Crippen molar-refractivity contribution < 1.29 is 22.3 Å². The van der Waals surface area contributed by atoms with E-state index in [1.807, 2.05) is 0 Å². The molecule has 0 spiro atoms. The smallest absolute Gasteiger partial charge is 0 e. The summed E-state index contributed by atoms with van der Waals surface area (Å²) in [5.41, 5.74) is 1.09. The first-order chi connectivity index (χ1) is 6.84. The van der Waals surface area contributed by atoms with Gasteiger partial charge in [0, 0.05) is 17.1 Å². The van der Waals surface area contributed by atoms with Crippen molar-refractivity contribution in [2.24, 2.45) is 5.16 Å². The quantitative estimate of drug-likeness (QED) is 0.262. The van der Waals surface area contributed by atoms with Gasteiger partial charge in [-0.3, -0.25) is 5.16 Å². The van der Waals surface area contributed by atoms with E-state index in [0.29, 0.717) is 11.3 Å². The zero-order valence-electron chi connectivity index (χ0n) is 7.83. The number of hydrogen-bond acceptors (Lipinski definition) is 2. The third-order valence-corrected chi connectivity index (χ3v) is 1.30. The zero-order chi connectivity index (χ0) is 10.2. The number of oxime groups is 1. The maximum Gasteiger partial charge on any atom is 0 e. The molecular formula is C12H5FeNO-10. The first-order valence-electron chi connectivity index (χ1n) is 3.75. The van der Waals surface area contributed by atoms with Crippen molar-refractivity contribution in [2.75, 3.05) is 0 Å². The first-order valence-corrected chi connectivity index (χ1v) is 3.75. The maximum absolute atomic E-state index is 8.23.